The molecule has 2 rings (SSSR count). The van der Waals surface area contributed by atoms with Crippen molar-refractivity contribution in [2.45, 2.75) is 6.42 Å². The van der Waals surface area contributed by atoms with E-state index in [9.17, 15) is 4.79 Å². The van der Waals surface area contributed by atoms with Crippen LogP contribution in [0.5, 0.6) is 5.75 Å². The van der Waals surface area contributed by atoms with Crippen LogP contribution >= 0.6 is 11.6 Å². The van der Waals surface area contributed by atoms with Crippen molar-refractivity contribution in [2.75, 3.05) is 17.7 Å². The second-order valence-corrected chi connectivity index (χ2v) is 4.62. The molecule has 0 aromatic heterocycles. The second-order valence-electron chi connectivity index (χ2n) is 4.19. The standard InChI is InChI=1S/C15H15ClN2O2/c16-11-5-7-12(8-6-11)20-10-9-15(19)18-14-4-2-1-3-13(14)17/h1-8H,9-10,17H2,(H,18,19). The molecule has 0 aliphatic heterocycles. The Morgan fingerprint density at radius 1 is 1.15 bits per heavy atom. The number of hydrogen-bond donors (Lipinski definition) is 2. The topological polar surface area (TPSA) is 64.3 Å². The zero-order chi connectivity index (χ0) is 14.4. The van der Waals surface area contributed by atoms with Crippen molar-refractivity contribution in [1.82, 2.24) is 0 Å². The average Bonchev–Trinajstić information content (AvgIpc) is 2.44. The summed E-state index contributed by atoms with van der Waals surface area (Å²) in [6.45, 7) is 0.292. The maximum Gasteiger partial charge on any atom is 0.227 e. The Bertz CT molecular complexity index is 585. The Balaban J connectivity index is 1.78. The van der Waals surface area contributed by atoms with Gasteiger partial charge in [-0.05, 0) is 36.4 Å². The molecule has 20 heavy (non-hydrogen) atoms. The molecule has 3 N–H and O–H groups in total. The number of nitrogens with two attached hydrogens (primary N) is 1. The van der Waals surface area contributed by atoms with E-state index in [1.807, 2.05) is 12.1 Å². The van der Waals surface area contributed by atoms with E-state index in [-0.39, 0.29) is 12.3 Å². The van der Waals surface area contributed by atoms with Gasteiger partial charge in [-0.2, -0.15) is 0 Å². The number of halogens is 1. The minimum absolute atomic E-state index is 0.142. The Hall–Kier alpha value is -2.20. The Labute approximate surface area is 122 Å². The van der Waals surface area contributed by atoms with E-state index >= 15 is 0 Å². The highest BCUT2D eigenvalue weighted by Gasteiger charge is 2.05. The number of para-hydroxylation sites is 2. The highest BCUT2D eigenvalue weighted by atomic mass is 35.5. The van der Waals surface area contributed by atoms with Crippen LogP contribution in [0.3, 0.4) is 0 Å². The molecular weight excluding hydrogens is 276 g/mol. The zero-order valence-corrected chi connectivity index (χ0v) is 11.6. The summed E-state index contributed by atoms with van der Waals surface area (Å²) in [6.07, 6.45) is 0.247. The number of carbonyl (C=O) groups is 1. The van der Waals surface area contributed by atoms with Crippen LogP contribution in [0, 0.1) is 0 Å². The zero-order valence-electron chi connectivity index (χ0n) is 10.8. The lowest BCUT2D eigenvalue weighted by Crippen LogP contribution is -2.16. The molecule has 0 saturated heterocycles. The van der Waals surface area contributed by atoms with Crippen molar-refractivity contribution in [1.29, 1.82) is 0 Å². The monoisotopic (exact) mass is 290 g/mol. The minimum atomic E-state index is -0.142. The third-order valence-electron chi connectivity index (χ3n) is 2.65. The fraction of sp³-hybridized carbons (Fsp3) is 0.133. The average molecular weight is 291 g/mol. The molecule has 0 bridgehead atoms. The van der Waals surface area contributed by atoms with Crippen LogP contribution in [-0.2, 0) is 4.79 Å². The van der Waals surface area contributed by atoms with Gasteiger partial charge < -0.3 is 15.8 Å². The Kier molecular flexibility index (Phi) is 4.85. The molecule has 0 unspecified atom stereocenters. The van der Waals surface area contributed by atoms with Crippen LogP contribution in [0.1, 0.15) is 6.42 Å². The van der Waals surface area contributed by atoms with Gasteiger partial charge in [-0.25, -0.2) is 0 Å². The molecule has 2 aromatic carbocycles. The summed E-state index contributed by atoms with van der Waals surface area (Å²) in [5, 5.41) is 3.39. The lowest BCUT2D eigenvalue weighted by Gasteiger charge is -2.09. The van der Waals surface area contributed by atoms with E-state index in [4.69, 9.17) is 22.1 Å². The smallest absolute Gasteiger partial charge is 0.227 e. The molecule has 2 aromatic rings. The number of anilines is 2. The number of hydrogen-bond acceptors (Lipinski definition) is 3. The summed E-state index contributed by atoms with van der Waals surface area (Å²) in [6, 6.07) is 14.1. The van der Waals surface area contributed by atoms with Crippen LogP contribution in [0.2, 0.25) is 5.02 Å². The SMILES string of the molecule is Nc1ccccc1NC(=O)CCOc1ccc(Cl)cc1. The van der Waals surface area contributed by atoms with Crippen LogP contribution in [-0.4, -0.2) is 12.5 Å². The maximum absolute atomic E-state index is 11.7. The quantitative estimate of drug-likeness (QED) is 0.830. The first-order valence-electron chi connectivity index (χ1n) is 6.18. The third-order valence-corrected chi connectivity index (χ3v) is 2.90. The summed E-state index contributed by atoms with van der Waals surface area (Å²) in [5.41, 5.74) is 6.90. The first kappa shape index (κ1) is 14.2. The van der Waals surface area contributed by atoms with Gasteiger partial charge >= 0.3 is 0 Å². The molecule has 0 radical (unpaired) electrons. The highest BCUT2D eigenvalue weighted by molar-refractivity contribution is 6.30. The van der Waals surface area contributed by atoms with E-state index in [1.54, 1.807) is 36.4 Å². The van der Waals surface area contributed by atoms with Crippen molar-refractivity contribution in [3.63, 3.8) is 0 Å². The van der Waals surface area contributed by atoms with Gasteiger partial charge in [0, 0.05) is 5.02 Å². The van der Waals surface area contributed by atoms with E-state index in [2.05, 4.69) is 5.32 Å². The van der Waals surface area contributed by atoms with E-state index in [0.717, 1.165) is 0 Å². The van der Waals surface area contributed by atoms with Crippen LogP contribution in [0.15, 0.2) is 48.5 Å². The predicted molar refractivity (Wildman–Crippen MR) is 81.0 cm³/mol. The number of benzene rings is 2. The van der Waals surface area contributed by atoms with Crippen molar-refractivity contribution < 1.29 is 9.53 Å². The fourth-order valence-electron chi connectivity index (χ4n) is 1.62. The second kappa shape index (κ2) is 6.82. The molecule has 0 heterocycles. The van der Waals surface area contributed by atoms with E-state index in [1.165, 1.54) is 0 Å². The van der Waals surface area contributed by atoms with Gasteiger partial charge in [0.05, 0.1) is 24.4 Å². The molecule has 1 amide bonds. The Morgan fingerprint density at radius 3 is 2.55 bits per heavy atom. The summed E-state index contributed by atoms with van der Waals surface area (Å²) < 4.78 is 5.45. The number of nitrogens with one attached hydrogen (secondary N) is 1. The van der Waals surface area contributed by atoms with Crippen molar-refractivity contribution >= 4 is 28.9 Å². The minimum Gasteiger partial charge on any atom is -0.493 e. The summed E-state index contributed by atoms with van der Waals surface area (Å²) in [7, 11) is 0. The molecule has 5 heteroatoms. The lowest BCUT2D eigenvalue weighted by atomic mass is 10.2. The molecule has 104 valence electrons. The molecule has 0 atom stereocenters. The van der Waals surface area contributed by atoms with E-state index < -0.39 is 0 Å². The van der Waals surface area contributed by atoms with Crippen LogP contribution in [0.4, 0.5) is 11.4 Å². The van der Waals surface area contributed by atoms with Crippen LogP contribution in [0.25, 0.3) is 0 Å². The van der Waals surface area contributed by atoms with E-state index in [0.29, 0.717) is 28.8 Å². The molecular formula is C15H15ClN2O2. The number of ether oxygens (including phenoxy) is 1. The number of rotatable bonds is 5. The van der Waals surface area contributed by atoms with Gasteiger partial charge in [-0.3, -0.25) is 4.79 Å². The maximum atomic E-state index is 11.7. The van der Waals surface area contributed by atoms with Crippen LogP contribution < -0.4 is 15.8 Å². The number of carbonyl (C=O) groups excluding carboxylic acids is 1. The van der Waals surface area contributed by atoms with Crippen molar-refractivity contribution in [2.24, 2.45) is 0 Å². The normalized spacial score (nSPS) is 10.1. The van der Waals surface area contributed by atoms with Gasteiger partial charge in [0.25, 0.3) is 0 Å². The van der Waals surface area contributed by atoms with Gasteiger partial charge in [-0.15, -0.1) is 0 Å². The molecule has 0 spiro atoms. The summed E-state index contributed by atoms with van der Waals surface area (Å²) in [4.78, 5) is 11.7. The third kappa shape index (κ3) is 4.17. The first-order valence-corrected chi connectivity index (χ1v) is 6.55. The largest absolute Gasteiger partial charge is 0.493 e. The summed E-state index contributed by atoms with van der Waals surface area (Å²) in [5.74, 6) is 0.540. The summed E-state index contributed by atoms with van der Waals surface area (Å²) >= 11 is 5.77. The van der Waals surface area contributed by atoms with Crippen molar-refractivity contribution in [3.05, 3.63) is 53.6 Å². The molecule has 0 aliphatic carbocycles. The van der Waals surface area contributed by atoms with Crippen molar-refractivity contribution in [3.8, 4) is 5.75 Å². The molecule has 4 nitrogen and oxygen atoms in total. The molecule has 0 aliphatic rings. The fourth-order valence-corrected chi connectivity index (χ4v) is 1.74. The lowest BCUT2D eigenvalue weighted by molar-refractivity contribution is -0.116. The number of amides is 1. The predicted octanol–water partition coefficient (Wildman–Crippen LogP) is 3.33. The number of nitrogen functional groups attached to an aromatic ring is 1. The first-order chi connectivity index (χ1) is 9.65. The Morgan fingerprint density at radius 2 is 1.85 bits per heavy atom. The van der Waals surface area contributed by atoms with Gasteiger partial charge in [0.1, 0.15) is 5.75 Å². The van der Waals surface area contributed by atoms with Gasteiger partial charge in [0.15, 0.2) is 0 Å². The molecule has 0 saturated carbocycles. The van der Waals surface area contributed by atoms with Gasteiger partial charge in [-0.1, -0.05) is 23.7 Å². The highest BCUT2D eigenvalue weighted by Crippen LogP contribution is 2.17. The van der Waals surface area contributed by atoms with Gasteiger partial charge in [0.2, 0.25) is 5.91 Å². The molecule has 0 fully saturated rings.